The second-order valence-electron chi connectivity index (χ2n) is 8.32. The maximum absolute atomic E-state index is 12.7. The summed E-state index contributed by atoms with van der Waals surface area (Å²) in [5.74, 6) is -5.26. The second-order valence-corrected chi connectivity index (χ2v) is 15.3. The molecule has 2 aromatic carbocycles. The van der Waals surface area contributed by atoms with Crippen LogP contribution in [0.5, 0.6) is 0 Å². The normalized spacial score (nSPS) is 11.6. The molecule has 0 unspecified atom stereocenters. The summed E-state index contributed by atoms with van der Waals surface area (Å²) in [4.78, 5) is 36.3. The van der Waals surface area contributed by atoms with Gasteiger partial charge < -0.3 is 14.2 Å². The van der Waals surface area contributed by atoms with Crippen molar-refractivity contribution in [2.24, 2.45) is 0 Å². The summed E-state index contributed by atoms with van der Waals surface area (Å²) in [6.07, 6.45) is -1.55. The predicted octanol–water partition coefficient (Wildman–Crippen LogP) is 3.23. The van der Waals surface area contributed by atoms with E-state index in [1.807, 2.05) is 0 Å². The van der Waals surface area contributed by atoms with E-state index in [4.69, 9.17) is 14.2 Å². The zero-order valence-corrected chi connectivity index (χ0v) is 26.7. The first-order valence-electron chi connectivity index (χ1n) is 11.3. The predicted molar refractivity (Wildman–Crippen MR) is 161 cm³/mol. The van der Waals surface area contributed by atoms with Crippen molar-refractivity contribution >= 4 is 82.8 Å². The lowest BCUT2D eigenvalue weighted by molar-refractivity contribution is -0.142. The zero-order valence-electron chi connectivity index (χ0n) is 20.8. The third-order valence-corrected chi connectivity index (χ3v) is 9.69. The minimum absolute atomic E-state index is 0.0484. The van der Waals surface area contributed by atoms with Gasteiger partial charge in [0.2, 0.25) is 0 Å². The van der Waals surface area contributed by atoms with Gasteiger partial charge in [0, 0.05) is 12.7 Å². The van der Waals surface area contributed by atoms with Gasteiger partial charge in [0.15, 0.2) is 19.7 Å². The van der Waals surface area contributed by atoms with Gasteiger partial charge in [-0.15, -0.1) is 0 Å². The molecule has 2 aromatic rings. The number of esters is 3. The SMILES string of the molecule is C=C(C)C(=O)OC(CS(=O)(=O)CCOC(=O)c1ccc(I)cc1)CS(=O)(=O)CCOC(=O)c1ccc(I)cc1. The monoisotopic (exact) mass is 804 g/mol. The van der Waals surface area contributed by atoms with Gasteiger partial charge in [0.1, 0.15) is 19.3 Å². The molecule has 0 aromatic heterocycles. The van der Waals surface area contributed by atoms with E-state index in [0.29, 0.717) is 0 Å². The fraction of sp³-hybridized carbons (Fsp3) is 0.320. The average Bonchev–Trinajstić information content (AvgIpc) is 2.83. The van der Waals surface area contributed by atoms with Crippen LogP contribution in [-0.4, -0.2) is 77.1 Å². The molecule has 0 aliphatic heterocycles. The quantitative estimate of drug-likeness (QED) is 0.121. The van der Waals surface area contributed by atoms with Crippen LogP contribution < -0.4 is 0 Å². The number of benzene rings is 2. The molecule has 10 nitrogen and oxygen atoms in total. The number of carbonyl (C=O) groups is 3. The Hall–Kier alpha value is -2.05. The molecule has 0 saturated carbocycles. The molecule has 14 heteroatoms. The van der Waals surface area contributed by atoms with Gasteiger partial charge in [-0.3, -0.25) is 0 Å². The van der Waals surface area contributed by atoms with Gasteiger partial charge in [-0.25, -0.2) is 31.2 Å². The van der Waals surface area contributed by atoms with Crippen LogP contribution in [0.1, 0.15) is 27.6 Å². The van der Waals surface area contributed by atoms with Crippen LogP contribution >= 0.6 is 45.2 Å². The molecule has 0 amide bonds. The van der Waals surface area contributed by atoms with E-state index in [0.717, 1.165) is 7.14 Å². The van der Waals surface area contributed by atoms with Crippen molar-refractivity contribution in [3.63, 3.8) is 0 Å². The first-order valence-corrected chi connectivity index (χ1v) is 17.1. The third-order valence-electron chi connectivity index (χ3n) is 4.92. The van der Waals surface area contributed by atoms with Gasteiger partial charge in [-0.05, 0) is 101 Å². The van der Waals surface area contributed by atoms with E-state index < -0.39 is 79.9 Å². The van der Waals surface area contributed by atoms with Gasteiger partial charge in [0.25, 0.3) is 0 Å². The molecule has 0 heterocycles. The molecule has 39 heavy (non-hydrogen) atoms. The summed E-state index contributed by atoms with van der Waals surface area (Å²) in [6, 6.07) is 12.9. The highest BCUT2D eigenvalue weighted by Crippen LogP contribution is 2.11. The van der Waals surface area contributed by atoms with Crippen molar-refractivity contribution in [2.45, 2.75) is 13.0 Å². The van der Waals surface area contributed by atoms with Crippen LogP contribution in [0, 0.1) is 7.14 Å². The Labute approximate surface area is 254 Å². The molecule has 0 N–H and O–H groups in total. The lowest BCUT2D eigenvalue weighted by Crippen LogP contribution is -2.36. The fourth-order valence-corrected chi connectivity index (χ4v) is 6.34. The molecule has 0 spiro atoms. The molecule has 0 aliphatic rings. The summed E-state index contributed by atoms with van der Waals surface area (Å²) in [5.41, 5.74) is 0.442. The zero-order chi connectivity index (χ0) is 29.2. The van der Waals surface area contributed by atoms with Crippen LogP contribution in [-0.2, 0) is 38.7 Å². The molecule has 0 atom stereocenters. The number of ether oxygens (including phenoxy) is 3. The van der Waals surface area contributed by atoms with Crippen LogP contribution in [0.3, 0.4) is 0 Å². The Bertz CT molecular complexity index is 1310. The highest BCUT2D eigenvalue weighted by molar-refractivity contribution is 14.1. The third kappa shape index (κ3) is 12.3. The van der Waals surface area contributed by atoms with Gasteiger partial charge in [-0.1, -0.05) is 6.58 Å². The van der Waals surface area contributed by atoms with Gasteiger partial charge in [0.05, 0.1) is 34.1 Å². The first kappa shape index (κ1) is 33.2. The van der Waals surface area contributed by atoms with E-state index >= 15 is 0 Å². The van der Waals surface area contributed by atoms with Crippen LogP contribution in [0.4, 0.5) is 0 Å². The van der Waals surface area contributed by atoms with Crippen molar-refractivity contribution in [3.8, 4) is 0 Å². The topological polar surface area (TPSA) is 147 Å². The van der Waals surface area contributed by atoms with Gasteiger partial charge in [-0.2, -0.15) is 0 Å². The van der Waals surface area contributed by atoms with E-state index in [1.54, 1.807) is 24.3 Å². The molecule has 0 fully saturated rings. The Morgan fingerprint density at radius 1 is 0.744 bits per heavy atom. The maximum Gasteiger partial charge on any atom is 0.338 e. The number of hydrogen-bond donors (Lipinski definition) is 0. The first-order chi connectivity index (χ1) is 18.2. The molecule has 0 bridgehead atoms. The standard InChI is InChI=1S/C25H26I2O10S2/c1-17(2)23(28)37-22(15-38(31,32)13-11-35-24(29)18-3-7-20(26)8-4-18)16-39(33,34)14-12-36-25(30)19-5-9-21(27)10-6-19/h3-10,22H,1,11-16H2,2H3. The van der Waals surface area contributed by atoms with Gasteiger partial charge >= 0.3 is 17.9 Å². The molecule has 0 saturated heterocycles. The number of halogens is 2. The molecule has 2 rings (SSSR count). The minimum atomic E-state index is -4.02. The summed E-state index contributed by atoms with van der Waals surface area (Å²) >= 11 is 4.13. The Morgan fingerprint density at radius 2 is 1.10 bits per heavy atom. The highest BCUT2D eigenvalue weighted by Gasteiger charge is 2.29. The summed E-state index contributed by atoms with van der Waals surface area (Å²) in [6.45, 7) is 3.79. The van der Waals surface area contributed by atoms with E-state index in [1.165, 1.54) is 31.2 Å². The molecule has 212 valence electrons. The summed E-state index contributed by atoms with van der Waals surface area (Å²) in [5, 5.41) is 0. The molecule has 0 radical (unpaired) electrons. The van der Waals surface area contributed by atoms with Crippen molar-refractivity contribution in [3.05, 3.63) is 79.0 Å². The molecular formula is C25H26I2O10S2. The molecular weight excluding hydrogens is 778 g/mol. The highest BCUT2D eigenvalue weighted by atomic mass is 127. The Morgan fingerprint density at radius 3 is 1.44 bits per heavy atom. The van der Waals surface area contributed by atoms with Crippen molar-refractivity contribution < 1.29 is 45.4 Å². The van der Waals surface area contributed by atoms with E-state index in [2.05, 4.69) is 51.8 Å². The number of hydrogen-bond acceptors (Lipinski definition) is 10. The van der Waals surface area contributed by atoms with Crippen LogP contribution in [0.15, 0.2) is 60.7 Å². The lowest BCUT2D eigenvalue weighted by atomic mass is 10.2. The van der Waals surface area contributed by atoms with E-state index in [9.17, 15) is 31.2 Å². The second kappa shape index (κ2) is 15.1. The van der Waals surface area contributed by atoms with Crippen LogP contribution in [0.2, 0.25) is 0 Å². The lowest BCUT2D eigenvalue weighted by Gasteiger charge is -2.18. The minimum Gasteiger partial charge on any atom is -0.461 e. The largest absolute Gasteiger partial charge is 0.461 e. The van der Waals surface area contributed by atoms with Crippen LogP contribution in [0.25, 0.3) is 0 Å². The van der Waals surface area contributed by atoms with Crippen molar-refractivity contribution in [1.29, 1.82) is 0 Å². The maximum atomic E-state index is 12.7. The smallest absolute Gasteiger partial charge is 0.338 e. The van der Waals surface area contributed by atoms with Crippen molar-refractivity contribution in [1.82, 2.24) is 0 Å². The summed E-state index contributed by atoms with van der Waals surface area (Å²) < 4.78 is 67.5. The number of rotatable bonds is 14. The Balaban J connectivity index is 1.97. The summed E-state index contributed by atoms with van der Waals surface area (Å²) in [7, 11) is -8.04. The average molecular weight is 804 g/mol. The Kier molecular flexibility index (Phi) is 12.8. The number of sulfone groups is 2. The fourth-order valence-electron chi connectivity index (χ4n) is 2.96. The molecule has 0 aliphatic carbocycles. The number of carbonyl (C=O) groups excluding carboxylic acids is 3. The van der Waals surface area contributed by atoms with E-state index in [-0.39, 0.29) is 16.7 Å². The van der Waals surface area contributed by atoms with Crippen molar-refractivity contribution in [2.75, 3.05) is 36.2 Å².